The van der Waals surface area contributed by atoms with Gasteiger partial charge in [0.1, 0.15) is 11.2 Å². The molecule has 2 nitrogen and oxygen atoms in total. The largest absolute Gasteiger partial charge is 0.455 e. The van der Waals surface area contributed by atoms with Gasteiger partial charge in [-0.25, -0.2) is 0 Å². The molecule has 0 bridgehead atoms. The van der Waals surface area contributed by atoms with Crippen LogP contribution in [0.5, 0.6) is 0 Å². The van der Waals surface area contributed by atoms with E-state index >= 15 is 0 Å². The van der Waals surface area contributed by atoms with Crippen molar-refractivity contribution in [3.63, 3.8) is 0 Å². The molecule has 12 aromatic rings. The lowest BCUT2D eigenvalue weighted by molar-refractivity contribution is 0.670. The molecule has 0 spiro atoms. The summed E-state index contributed by atoms with van der Waals surface area (Å²) in [7, 11) is 0. The molecule has 230 valence electrons. The van der Waals surface area contributed by atoms with Crippen LogP contribution in [0.2, 0.25) is 0 Å². The number of hydrogen-bond acceptors (Lipinski definition) is 1. The molecular weight excluding hydrogens is 607 g/mol. The minimum Gasteiger partial charge on any atom is -0.455 e. The number of fused-ring (bicyclic) bond motifs is 12. The molecule has 0 N–H and O–H groups in total. The van der Waals surface area contributed by atoms with E-state index in [1.165, 1.54) is 75.7 Å². The number of furan rings is 1. The Balaban J connectivity index is 1.11. The monoisotopic (exact) mass is 633 g/mol. The number of benzene rings is 10. The van der Waals surface area contributed by atoms with E-state index in [1.807, 2.05) is 0 Å². The molecule has 0 unspecified atom stereocenters. The summed E-state index contributed by atoms with van der Waals surface area (Å²) in [6.07, 6.45) is 0. The van der Waals surface area contributed by atoms with Crippen molar-refractivity contribution >= 4 is 97.6 Å². The van der Waals surface area contributed by atoms with Crippen molar-refractivity contribution < 1.29 is 4.42 Å². The summed E-state index contributed by atoms with van der Waals surface area (Å²) in [5.74, 6) is 0. The number of hydrogen-bond donors (Lipinski definition) is 0. The van der Waals surface area contributed by atoms with E-state index in [9.17, 15) is 0 Å². The topological polar surface area (TPSA) is 18.1 Å². The fourth-order valence-electron chi connectivity index (χ4n) is 9.02. The van der Waals surface area contributed by atoms with Gasteiger partial charge in [-0.1, -0.05) is 127 Å². The van der Waals surface area contributed by atoms with Crippen LogP contribution < -0.4 is 0 Å². The first kappa shape index (κ1) is 26.3. The smallest absolute Gasteiger partial charge is 0.143 e. The lowest BCUT2D eigenvalue weighted by Gasteiger charge is -2.18. The molecule has 2 heterocycles. The molecule has 0 radical (unpaired) electrons. The van der Waals surface area contributed by atoms with Crippen molar-refractivity contribution in [3.05, 3.63) is 164 Å². The molecule has 0 aliphatic heterocycles. The van der Waals surface area contributed by atoms with Gasteiger partial charge in [0.15, 0.2) is 0 Å². The van der Waals surface area contributed by atoms with Crippen molar-refractivity contribution in [3.8, 4) is 16.8 Å². The molecular formula is C48H27NO. The van der Waals surface area contributed by atoms with E-state index in [0.29, 0.717) is 0 Å². The molecule has 0 fully saturated rings. The van der Waals surface area contributed by atoms with E-state index < -0.39 is 0 Å². The third kappa shape index (κ3) is 3.32. The van der Waals surface area contributed by atoms with Crippen LogP contribution in [0.4, 0.5) is 0 Å². The maximum atomic E-state index is 6.73. The highest BCUT2D eigenvalue weighted by molar-refractivity contribution is 6.40. The fraction of sp³-hybridized carbons (Fsp3) is 0. The molecule has 2 heteroatoms. The highest BCUT2D eigenvalue weighted by Crippen LogP contribution is 2.46. The molecule has 50 heavy (non-hydrogen) atoms. The minimum absolute atomic E-state index is 0.896. The van der Waals surface area contributed by atoms with Crippen molar-refractivity contribution in [2.75, 3.05) is 0 Å². The van der Waals surface area contributed by atoms with E-state index in [4.69, 9.17) is 4.42 Å². The average molecular weight is 634 g/mol. The lowest BCUT2D eigenvalue weighted by atomic mass is 9.85. The predicted octanol–water partition coefficient (Wildman–Crippen LogP) is 13.6. The van der Waals surface area contributed by atoms with Crippen molar-refractivity contribution in [2.24, 2.45) is 0 Å². The van der Waals surface area contributed by atoms with E-state index in [0.717, 1.165) is 38.8 Å². The van der Waals surface area contributed by atoms with Crippen LogP contribution in [0.15, 0.2) is 168 Å². The molecule has 12 rings (SSSR count). The zero-order valence-electron chi connectivity index (χ0n) is 26.9. The van der Waals surface area contributed by atoms with Gasteiger partial charge in [-0.15, -0.1) is 0 Å². The molecule has 0 saturated carbocycles. The van der Waals surface area contributed by atoms with Crippen LogP contribution in [0.3, 0.4) is 0 Å². The molecule has 0 saturated heterocycles. The third-order valence-electron chi connectivity index (χ3n) is 11.1. The maximum absolute atomic E-state index is 6.73. The molecule has 0 atom stereocenters. The van der Waals surface area contributed by atoms with Gasteiger partial charge >= 0.3 is 0 Å². The third-order valence-corrected chi connectivity index (χ3v) is 11.1. The Morgan fingerprint density at radius 1 is 0.340 bits per heavy atom. The highest BCUT2D eigenvalue weighted by Gasteiger charge is 2.19. The van der Waals surface area contributed by atoms with Crippen LogP contribution in [-0.4, -0.2) is 4.57 Å². The Bertz CT molecular complexity index is 3320. The first-order valence-corrected chi connectivity index (χ1v) is 17.3. The van der Waals surface area contributed by atoms with E-state index in [2.05, 4.69) is 168 Å². The Kier molecular flexibility index (Phi) is 5.00. The van der Waals surface area contributed by atoms with Gasteiger partial charge in [0.25, 0.3) is 0 Å². The highest BCUT2D eigenvalue weighted by atomic mass is 16.3. The summed E-state index contributed by atoms with van der Waals surface area (Å²) >= 11 is 0. The summed E-state index contributed by atoms with van der Waals surface area (Å²) in [5.41, 5.74) is 7.62. The molecule has 0 aliphatic rings. The van der Waals surface area contributed by atoms with Crippen LogP contribution in [-0.2, 0) is 0 Å². The second-order valence-corrected chi connectivity index (χ2v) is 13.6. The normalized spacial score (nSPS) is 12.4. The summed E-state index contributed by atoms with van der Waals surface area (Å²) in [4.78, 5) is 0. The maximum Gasteiger partial charge on any atom is 0.143 e. The first-order chi connectivity index (χ1) is 24.8. The second-order valence-electron chi connectivity index (χ2n) is 13.6. The predicted molar refractivity (Wildman–Crippen MR) is 212 cm³/mol. The van der Waals surface area contributed by atoms with Gasteiger partial charge in [0.05, 0.1) is 11.0 Å². The Morgan fingerprint density at radius 3 is 1.52 bits per heavy atom. The van der Waals surface area contributed by atoms with Crippen LogP contribution in [0.25, 0.3) is 114 Å². The lowest BCUT2D eigenvalue weighted by Crippen LogP contribution is -1.93. The standard InChI is InChI=1S/C48H27NO/c1-2-11-32-31(10-1)36-15-8-17-38-33-24-22-28(26-41(33)39-18-9-16-37(32)47(39)46(36)38)30-14-7-19-40-42-27-29(23-25-45(42)50-48(30)40)49-43-20-5-3-12-34(43)35-13-4-6-21-44(35)49/h1-27H. The zero-order valence-corrected chi connectivity index (χ0v) is 26.9. The van der Waals surface area contributed by atoms with Gasteiger partial charge in [-0.3, -0.25) is 0 Å². The van der Waals surface area contributed by atoms with Gasteiger partial charge in [0.2, 0.25) is 0 Å². The number of aromatic nitrogens is 1. The quantitative estimate of drug-likeness (QED) is 0.137. The van der Waals surface area contributed by atoms with Crippen molar-refractivity contribution in [1.29, 1.82) is 0 Å². The van der Waals surface area contributed by atoms with Gasteiger partial charge < -0.3 is 8.98 Å². The minimum atomic E-state index is 0.896. The van der Waals surface area contributed by atoms with Gasteiger partial charge in [0, 0.05) is 32.8 Å². The van der Waals surface area contributed by atoms with Gasteiger partial charge in [-0.2, -0.15) is 0 Å². The molecule has 0 amide bonds. The number of para-hydroxylation sites is 3. The van der Waals surface area contributed by atoms with Crippen LogP contribution in [0.1, 0.15) is 0 Å². The number of rotatable bonds is 2. The Hall–Kier alpha value is -6.64. The zero-order chi connectivity index (χ0) is 32.5. The summed E-state index contributed by atoms with van der Waals surface area (Å²) in [6, 6.07) is 59.9. The van der Waals surface area contributed by atoms with Crippen molar-refractivity contribution in [2.45, 2.75) is 0 Å². The Labute approximate surface area is 286 Å². The molecule has 0 aliphatic carbocycles. The number of nitrogens with zero attached hydrogens (tertiary/aromatic N) is 1. The molecule has 2 aromatic heterocycles. The molecule has 10 aromatic carbocycles. The average Bonchev–Trinajstić information content (AvgIpc) is 3.73. The van der Waals surface area contributed by atoms with Crippen molar-refractivity contribution in [1.82, 2.24) is 4.57 Å². The van der Waals surface area contributed by atoms with E-state index in [1.54, 1.807) is 0 Å². The van der Waals surface area contributed by atoms with Crippen LogP contribution in [0, 0.1) is 0 Å². The summed E-state index contributed by atoms with van der Waals surface area (Å²) < 4.78 is 9.10. The second kappa shape index (κ2) is 9.49. The fourth-order valence-corrected chi connectivity index (χ4v) is 9.02. The summed E-state index contributed by atoms with van der Waals surface area (Å²) in [5, 5.41) is 17.9. The Morgan fingerprint density at radius 2 is 0.860 bits per heavy atom. The van der Waals surface area contributed by atoms with E-state index in [-0.39, 0.29) is 0 Å². The SMILES string of the molecule is c1cc(-c2ccc3c(c2)c2cccc4c5ccccc5c5cccc3c5c42)c2oc3ccc(-n4c5ccccc5c5ccccc54)cc3c2c1. The summed E-state index contributed by atoms with van der Waals surface area (Å²) in [6.45, 7) is 0. The van der Waals surface area contributed by atoms with Crippen LogP contribution >= 0.6 is 0 Å². The first-order valence-electron chi connectivity index (χ1n) is 17.3. The van der Waals surface area contributed by atoms with Gasteiger partial charge in [-0.05, 0) is 95.8 Å².